The lowest BCUT2D eigenvalue weighted by atomic mass is 10.1. The maximum absolute atomic E-state index is 11.5. The highest BCUT2D eigenvalue weighted by molar-refractivity contribution is 5.90. The third kappa shape index (κ3) is 2.44. The lowest BCUT2D eigenvalue weighted by Crippen LogP contribution is -2.23. The van der Waals surface area contributed by atoms with Gasteiger partial charge in [0.25, 0.3) is 5.91 Å². The van der Waals surface area contributed by atoms with Crippen LogP contribution in [-0.4, -0.2) is 21.1 Å². The monoisotopic (exact) mass is 216 g/mol. The molecule has 0 bridgehead atoms. The summed E-state index contributed by atoms with van der Waals surface area (Å²) in [5, 5.41) is 8.87. The predicted octanol–water partition coefficient (Wildman–Crippen LogP) is 1.04. The summed E-state index contributed by atoms with van der Waals surface area (Å²) in [4.78, 5) is 15.3. The number of amides is 1. The Hall–Kier alpha value is -2.17. The summed E-state index contributed by atoms with van der Waals surface area (Å²) in [6.07, 6.45) is 1.31. The normalized spacial score (nSPS) is 10.1. The zero-order chi connectivity index (χ0) is 11.4. The summed E-state index contributed by atoms with van der Waals surface area (Å²) in [6, 6.07) is 7.98. The molecule has 0 fully saturated rings. The van der Waals surface area contributed by atoms with Crippen molar-refractivity contribution in [3.8, 4) is 0 Å². The van der Waals surface area contributed by atoms with E-state index in [2.05, 4.69) is 20.5 Å². The first kappa shape index (κ1) is 10.4. The topological polar surface area (TPSA) is 70.7 Å². The van der Waals surface area contributed by atoms with Crippen molar-refractivity contribution in [3.05, 3.63) is 47.5 Å². The molecule has 5 heteroatoms. The Labute approximate surface area is 92.9 Å². The van der Waals surface area contributed by atoms with Crippen LogP contribution in [0, 0.1) is 6.92 Å². The molecule has 0 aliphatic rings. The van der Waals surface area contributed by atoms with Crippen LogP contribution in [0.1, 0.15) is 21.7 Å². The number of rotatable bonds is 3. The molecule has 0 aliphatic heterocycles. The van der Waals surface area contributed by atoms with E-state index in [0.29, 0.717) is 6.54 Å². The van der Waals surface area contributed by atoms with Crippen LogP contribution in [0.5, 0.6) is 0 Å². The van der Waals surface area contributed by atoms with E-state index in [-0.39, 0.29) is 11.7 Å². The molecular weight excluding hydrogens is 204 g/mol. The summed E-state index contributed by atoms with van der Waals surface area (Å²) in [6.45, 7) is 2.51. The van der Waals surface area contributed by atoms with Crippen molar-refractivity contribution >= 4 is 5.91 Å². The Kier molecular flexibility index (Phi) is 2.95. The molecule has 0 spiro atoms. The zero-order valence-corrected chi connectivity index (χ0v) is 8.90. The number of carbonyl (C=O) groups is 1. The molecule has 0 saturated heterocycles. The third-order valence-corrected chi connectivity index (χ3v) is 2.20. The Morgan fingerprint density at radius 3 is 2.75 bits per heavy atom. The van der Waals surface area contributed by atoms with Gasteiger partial charge < -0.3 is 5.32 Å². The number of nitrogens with zero attached hydrogens (tertiary/aromatic N) is 2. The number of aromatic amines is 1. The quantitative estimate of drug-likeness (QED) is 0.805. The van der Waals surface area contributed by atoms with E-state index in [4.69, 9.17) is 0 Å². The van der Waals surface area contributed by atoms with Crippen molar-refractivity contribution in [2.24, 2.45) is 0 Å². The van der Waals surface area contributed by atoms with Gasteiger partial charge in [0.2, 0.25) is 5.82 Å². The van der Waals surface area contributed by atoms with Crippen LogP contribution in [0.3, 0.4) is 0 Å². The molecule has 1 heterocycles. The van der Waals surface area contributed by atoms with Crippen molar-refractivity contribution in [1.29, 1.82) is 0 Å². The second kappa shape index (κ2) is 4.57. The van der Waals surface area contributed by atoms with E-state index in [9.17, 15) is 4.79 Å². The maximum atomic E-state index is 11.5. The predicted molar refractivity (Wildman–Crippen MR) is 58.7 cm³/mol. The third-order valence-electron chi connectivity index (χ3n) is 2.20. The van der Waals surface area contributed by atoms with Crippen molar-refractivity contribution in [1.82, 2.24) is 20.5 Å². The number of aryl methyl sites for hydroxylation is 1. The molecule has 2 rings (SSSR count). The summed E-state index contributed by atoms with van der Waals surface area (Å²) < 4.78 is 0. The van der Waals surface area contributed by atoms with E-state index < -0.39 is 0 Å². The van der Waals surface area contributed by atoms with E-state index in [1.54, 1.807) is 0 Å². The van der Waals surface area contributed by atoms with E-state index >= 15 is 0 Å². The van der Waals surface area contributed by atoms with Gasteiger partial charge in [-0.3, -0.25) is 9.89 Å². The van der Waals surface area contributed by atoms with Crippen LogP contribution in [0.4, 0.5) is 0 Å². The number of H-pyrrole nitrogens is 1. The molecule has 82 valence electrons. The number of aromatic nitrogens is 3. The Bertz CT molecular complexity index is 461. The van der Waals surface area contributed by atoms with E-state index in [0.717, 1.165) is 5.56 Å². The lowest BCUT2D eigenvalue weighted by molar-refractivity contribution is 0.0941. The van der Waals surface area contributed by atoms with Crippen LogP contribution in [-0.2, 0) is 6.54 Å². The highest BCUT2D eigenvalue weighted by Crippen LogP contribution is 2.02. The average molecular weight is 216 g/mol. The number of hydrogen-bond acceptors (Lipinski definition) is 3. The van der Waals surface area contributed by atoms with Gasteiger partial charge in [0.05, 0.1) is 0 Å². The highest BCUT2D eigenvalue weighted by atomic mass is 16.2. The molecule has 1 aromatic heterocycles. The van der Waals surface area contributed by atoms with Gasteiger partial charge >= 0.3 is 0 Å². The molecule has 2 N–H and O–H groups in total. The van der Waals surface area contributed by atoms with Gasteiger partial charge in [-0.2, -0.15) is 5.10 Å². The highest BCUT2D eigenvalue weighted by Gasteiger charge is 2.07. The number of nitrogens with one attached hydrogen (secondary N) is 2. The number of carbonyl (C=O) groups excluding carboxylic acids is 1. The average Bonchev–Trinajstić information content (AvgIpc) is 2.81. The first-order valence-corrected chi connectivity index (χ1v) is 4.95. The van der Waals surface area contributed by atoms with Crippen LogP contribution in [0.25, 0.3) is 0 Å². The van der Waals surface area contributed by atoms with Gasteiger partial charge in [-0.1, -0.05) is 29.8 Å². The first-order chi connectivity index (χ1) is 7.75. The van der Waals surface area contributed by atoms with E-state index in [1.807, 2.05) is 31.2 Å². The second-order valence-corrected chi connectivity index (χ2v) is 3.50. The van der Waals surface area contributed by atoms with Crippen molar-refractivity contribution in [3.63, 3.8) is 0 Å². The molecule has 0 atom stereocenters. The SMILES string of the molecule is Cc1ccc(CNC(=O)c2ncn[nH]2)cc1. The van der Waals surface area contributed by atoms with Gasteiger partial charge in [-0.15, -0.1) is 0 Å². The van der Waals surface area contributed by atoms with Gasteiger partial charge in [-0.25, -0.2) is 4.98 Å². The lowest BCUT2D eigenvalue weighted by Gasteiger charge is -2.03. The fourth-order valence-electron chi connectivity index (χ4n) is 1.29. The number of hydrogen-bond donors (Lipinski definition) is 2. The summed E-state index contributed by atoms with van der Waals surface area (Å²) in [5.74, 6) is -0.0230. The van der Waals surface area contributed by atoms with E-state index in [1.165, 1.54) is 11.9 Å². The first-order valence-electron chi connectivity index (χ1n) is 4.95. The Morgan fingerprint density at radius 2 is 2.12 bits per heavy atom. The minimum absolute atomic E-state index is 0.229. The van der Waals surface area contributed by atoms with Crippen molar-refractivity contribution < 1.29 is 4.79 Å². The molecular formula is C11H12N4O. The van der Waals surface area contributed by atoms with Crippen molar-refractivity contribution in [2.45, 2.75) is 13.5 Å². The summed E-state index contributed by atoms with van der Waals surface area (Å²) in [5.41, 5.74) is 2.25. The van der Waals surface area contributed by atoms with Gasteiger partial charge in [0.15, 0.2) is 0 Å². The van der Waals surface area contributed by atoms with Gasteiger partial charge in [0, 0.05) is 6.54 Å². The van der Waals surface area contributed by atoms with Crippen LogP contribution in [0.15, 0.2) is 30.6 Å². The standard InChI is InChI=1S/C11H12N4O/c1-8-2-4-9(5-3-8)6-12-11(16)10-13-7-14-15-10/h2-5,7H,6H2,1H3,(H,12,16)(H,13,14,15). The second-order valence-electron chi connectivity index (χ2n) is 3.50. The van der Waals surface area contributed by atoms with Gasteiger partial charge in [0.1, 0.15) is 6.33 Å². The molecule has 1 aromatic carbocycles. The molecule has 5 nitrogen and oxygen atoms in total. The molecule has 0 radical (unpaired) electrons. The van der Waals surface area contributed by atoms with Gasteiger partial charge in [-0.05, 0) is 12.5 Å². The zero-order valence-electron chi connectivity index (χ0n) is 8.90. The minimum Gasteiger partial charge on any atom is -0.345 e. The molecule has 2 aromatic rings. The molecule has 16 heavy (non-hydrogen) atoms. The van der Waals surface area contributed by atoms with Crippen LogP contribution < -0.4 is 5.32 Å². The number of benzene rings is 1. The molecule has 0 saturated carbocycles. The molecule has 0 aliphatic carbocycles. The maximum Gasteiger partial charge on any atom is 0.288 e. The largest absolute Gasteiger partial charge is 0.345 e. The Balaban J connectivity index is 1.93. The Morgan fingerprint density at radius 1 is 1.38 bits per heavy atom. The summed E-state index contributed by atoms with van der Waals surface area (Å²) >= 11 is 0. The fourth-order valence-corrected chi connectivity index (χ4v) is 1.29. The smallest absolute Gasteiger partial charge is 0.288 e. The van der Waals surface area contributed by atoms with Crippen LogP contribution in [0.2, 0.25) is 0 Å². The molecule has 1 amide bonds. The van der Waals surface area contributed by atoms with Crippen molar-refractivity contribution in [2.75, 3.05) is 0 Å². The fraction of sp³-hybridized carbons (Fsp3) is 0.182. The summed E-state index contributed by atoms with van der Waals surface area (Å²) in [7, 11) is 0. The minimum atomic E-state index is -0.252. The van der Waals surface area contributed by atoms with Crippen LogP contribution >= 0.6 is 0 Å². The molecule has 0 unspecified atom stereocenters.